The van der Waals surface area contributed by atoms with Crippen LogP contribution in [0.25, 0.3) is 0 Å². The molecule has 0 aromatic heterocycles. The van der Waals surface area contributed by atoms with Gasteiger partial charge in [0.05, 0.1) is 5.88 Å². The molecule has 2 aliphatic heterocycles. The van der Waals surface area contributed by atoms with E-state index in [2.05, 4.69) is 11.8 Å². The van der Waals surface area contributed by atoms with Gasteiger partial charge in [-0.3, -0.25) is 4.90 Å². The number of thioether (sulfide) groups is 1. The molecule has 114 valence electrons. The quantitative estimate of drug-likeness (QED) is 0.838. The first-order valence-corrected chi connectivity index (χ1v) is 8.26. The van der Waals surface area contributed by atoms with Crippen molar-refractivity contribution in [2.75, 3.05) is 38.3 Å². The van der Waals surface area contributed by atoms with Gasteiger partial charge < -0.3 is 14.9 Å². The van der Waals surface area contributed by atoms with Crippen molar-refractivity contribution in [2.24, 2.45) is 0 Å². The van der Waals surface area contributed by atoms with Gasteiger partial charge in [-0.25, -0.2) is 9.59 Å². The van der Waals surface area contributed by atoms with E-state index >= 15 is 0 Å². The number of hydrogen-bond acceptors (Lipinski definition) is 4. The van der Waals surface area contributed by atoms with E-state index in [0.29, 0.717) is 24.2 Å². The Morgan fingerprint density at radius 1 is 1.45 bits per heavy atom. The van der Waals surface area contributed by atoms with E-state index in [1.165, 1.54) is 23.1 Å². The number of urea groups is 1. The maximum Gasteiger partial charge on any atom is 0.327 e. The third-order valence-corrected chi connectivity index (χ3v) is 5.14. The van der Waals surface area contributed by atoms with Crippen molar-refractivity contribution in [3.63, 3.8) is 0 Å². The van der Waals surface area contributed by atoms with Crippen LogP contribution in [0.5, 0.6) is 0 Å². The van der Waals surface area contributed by atoms with E-state index in [1.54, 1.807) is 11.9 Å². The third kappa shape index (κ3) is 3.20. The average molecular weight is 301 g/mol. The summed E-state index contributed by atoms with van der Waals surface area (Å²) in [6.07, 6.45) is 2.29. The highest BCUT2D eigenvalue weighted by atomic mass is 32.2. The summed E-state index contributed by atoms with van der Waals surface area (Å²) in [7, 11) is 1.77. The first-order chi connectivity index (χ1) is 9.54. The van der Waals surface area contributed by atoms with E-state index in [0.717, 1.165) is 19.5 Å². The molecule has 0 radical (unpaired) electrons. The topological polar surface area (TPSA) is 64.1 Å². The number of likely N-dealkylation sites (tertiary alicyclic amines) is 1. The van der Waals surface area contributed by atoms with Gasteiger partial charge in [-0.15, -0.1) is 11.8 Å². The molecule has 6 nitrogen and oxygen atoms in total. The lowest BCUT2D eigenvalue weighted by molar-refractivity contribution is -0.140. The molecule has 2 rings (SSSR count). The first kappa shape index (κ1) is 15.4. The summed E-state index contributed by atoms with van der Waals surface area (Å²) in [5.74, 6) is 0.0506. The fourth-order valence-corrected chi connectivity index (χ4v) is 4.11. The fourth-order valence-electron chi connectivity index (χ4n) is 2.97. The number of hydrogen-bond donors (Lipinski definition) is 1. The van der Waals surface area contributed by atoms with Crippen LogP contribution < -0.4 is 0 Å². The third-order valence-electron chi connectivity index (χ3n) is 4.13. The van der Waals surface area contributed by atoms with E-state index in [9.17, 15) is 9.59 Å². The predicted molar refractivity (Wildman–Crippen MR) is 78.9 cm³/mol. The Hall–Kier alpha value is -0.950. The Kier molecular flexibility index (Phi) is 5.15. The average Bonchev–Trinajstić information content (AvgIpc) is 3.05. The zero-order chi connectivity index (χ0) is 14.7. The van der Waals surface area contributed by atoms with Crippen LogP contribution in [-0.2, 0) is 4.79 Å². The van der Waals surface area contributed by atoms with E-state index < -0.39 is 12.0 Å². The molecule has 20 heavy (non-hydrogen) atoms. The standard InChI is InChI=1S/C13H23N3O3S/c1-3-15-6-4-5-10(15)7-14(2)13(19)16-9-20-8-11(16)12(17)18/h10-11H,3-9H2,1-2H3,(H,17,18)/t10?,11-/m0/s1. The van der Waals surface area contributed by atoms with Crippen LogP contribution in [0.1, 0.15) is 19.8 Å². The number of carbonyl (C=O) groups excluding carboxylic acids is 1. The largest absolute Gasteiger partial charge is 0.480 e. The lowest BCUT2D eigenvalue weighted by Crippen LogP contribution is -2.50. The van der Waals surface area contributed by atoms with Gasteiger partial charge in [0.2, 0.25) is 0 Å². The molecular weight excluding hydrogens is 278 g/mol. The summed E-state index contributed by atoms with van der Waals surface area (Å²) in [5.41, 5.74) is 0. The molecule has 2 aliphatic rings. The molecule has 2 saturated heterocycles. The smallest absolute Gasteiger partial charge is 0.327 e. The van der Waals surface area contributed by atoms with Gasteiger partial charge in [0.1, 0.15) is 6.04 Å². The van der Waals surface area contributed by atoms with Gasteiger partial charge in [-0.05, 0) is 25.9 Å². The molecule has 0 aromatic carbocycles. The molecule has 0 spiro atoms. The molecule has 0 aliphatic carbocycles. The van der Waals surface area contributed by atoms with Gasteiger partial charge >= 0.3 is 12.0 Å². The first-order valence-electron chi connectivity index (χ1n) is 7.11. The number of likely N-dealkylation sites (N-methyl/N-ethyl adjacent to an activating group) is 2. The van der Waals surface area contributed by atoms with Crippen molar-refractivity contribution in [2.45, 2.75) is 31.8 Å². The van der Waals surface area contributed by atoms with Crippen LogP contribution in [0.15, 0.2) is 0 Å². The Bertz CT molecular complexity index is 380. The van der Waals surface area contributed by atoms with Crippen LogP contribution in [0.2, 0.25) is 0 Å². The number of carboxylic acids is 1. The summed E-state index contributed by atoms with van der Waals surface area (Å²) in [6.45, 7) is 4.92. The summed E-state index contributed by atoms with van der Waals surface area (Å²) < 4.78 is 0. The summed E-state index contributed by atoms with van der Waals surface area (Å²) in [6, 6.07) is -0.432. The molecule has 2 fully saturated rings. The van der Waals surface area contributed by atoms with Crippen molar-refractivity contribution >= 4 is 23.8 Å². The van der Waals surface area contributed by atoms with E-state index in [4.69, 9.17) is 5.11 Å². The van der Waals surface area contributed by atoms with Crippen molar-refractivity contribution in [3.05, 3.63) is 0 Å². The lowest BCUT2D eigenvalue weighted by Gasteiger charge is -2.31. The van der Waals surface area contributed by atoms with Crippen LogP contribution in [0.4, 0.5) is 4.79 Å². The lowest BCUT2D eigenvalue weighted by atomic mass is 10.2. The van der Waals surface area contributed by atoms with Crippen molar-refractivity contribution in [3.8, 4) is 0 Å². The molecular formula is C13H23N3O3S. The molecule has 1 unspecified atom stereocenters. The molecule has 0 bridgehead atoms. The van der Waals surface area contributed by atoms with Crippen molar-refractivity contribution in [1.82, 2.24) is 14.7 Å². The van der Waals surface area contributed by atoms with Crippen LogP contribution in [0, 0.1) is 0 Å². The second-order valence-corrected chi connectivity index (χ2v) is 6.41. The SMILES string of the molecule is CCN1CCCC1CN(C)C(=O)N1CSC[C@H]1C(=O)O. The molecule has 2 heterocycles. The van der Waals surface area contributed by atoms with Gasteiger partial charge in [0.25, 0.3) is 0 Å². The second-order valence-electron chi connectivity index (χ2n) is 5.41. The minimum Gasteiger partial charge on any atom is -0.480 e. The van der Waals surface area contributed by atoms with Crippen LogP contribution in [0.3, 0.4) is 0 Å². The highest BCUT2D eigenvalue weighted by Crippen LogP contribution is 2.23. The monoisotopic (exact) mass is 301 g/mol. The maximum atomic E-state index is 12.4. The number of carboxylic acid groups (broad SMARTS) is 1. The normalized spacial score (nSPS) is 27.0. The molecule has 2 amide bonds. The van der Waals surface area contributed by atoms with Crippen molar-refractivity contribution in [1.29, 1.82) is 0 Å². The van der Waals surface area contributed by atoms with Gasteiger partial charge in [-0.2, -0.15) is 0 Å². The van der Waals surface area contributed by atoms with E-state index in [-0.39, 0.29) is 6.03 Å². The minimum absolute atomic E-state index is 0.162. The molecule has 2 atom stereocenters. The Balaban J connectivity index is 1.93. The van der Waals surface area contributed by atoms with Gasteiger partial charge in [-0.1, -0.05) is 6.92 Å². The van der Waals surface area contributed by atoms with E-state index in [1.807, 2.05) is 0 Å². The van der Waals surface area contributed by atoms with Gasteiger partial charge in [0.15, 0.2) is 0 Å². The Morgan fingerprint density at radius 2 is 2.20 bits per heavy atom. The Labute approximate surface area is 124 Å². The summed E-state index contributed by atoms with van der Waals surface area (Å²) in [4.78, 5) is 29.1. The number of carbonyl (C=O) groups is 2. The summed E-state index contributed by atoms with van der Waals surface area (Å²) >= 11 is 1.50. The fraction of sp³-hybridized carbons (Fsp3) is 0.846. The van der Waals surface area contributed by atoms with Crippen molar-refractivity contribution < 1.29 is 14.7 Å². The van der Waals surface area contributed by atoms with Crippen LogP contribution >= 0.6 is 11.8 Å². The molecule has 0 aromatic rings. The highest BCUT2D eigenvalue weighted by Gasteiger charge is 2.37. The Morgan fingerprint density at radius 3 is 2.85 bits per heavy atom. The number of aliphatic carboxylic acids is 1. The molecule has 7 heteroatoms. The maximum absolute atomic E-state index is 12.4. The summed E-state index contributed by atoms with van der Waals surface area (Å²) in [5, 5.41) is 9.14. The van der Waals surface area contributed by atoms with Gasteiger partial charge in [0, 0.05) is 25.4 Å². The predicted octanol–water partition coefficient (Wildman–Crippen LogP) is 0.982. The zero-order valence-corrected chi connectivity index (χ0v) is 12.9. The number of amides is 2. The molecule has 0 saturated carbocycles. The zero-order valence-electron chi connectivity index (χ0n) is 12.1. The number of rotatable bonds is 4. The minimum atomic E-state index is -0.909. The second kappa shape index (κ2) is 6.67. The van der Waals surface area contributed by atoms with Crippen LogP contribution in [-0.4, -0.2) is 82.2 Å². The number of nitrogens with zero attached hydrogens (tertiary/aromatic N) is 3. The highest BCUT2D eigenvalue weighted by molar-refractivity contribution is 7.99. The molecule has 1 N–H and O–H groups in total.